The van der Waals surface area contributed by atoms with Crippen LogP contribution in [0.3, 0.4) is 0 Å². The number of ether oxygens (including phenoxy) is 1. The van der Waals surface area contributed by atoms with E-state index in [2.05, 4.69) is 15.2 Å². The highest BCUT2D eigenvalue weighted by atomic mass is 16.6. The number of nitrogens with zero attached hydrogens (tertiary/aromatic N) is 3. The Kier molecular flexibility index (Phi) is 4.77. The Morgan fingerprint density at radius 2 is 2.10 bits per heavy atom. The normalized spacial score (nSPS) is 17.1. The molecule has 0 aliphatic carbocycles. The summed E-state index contributed by atoms with van der Waals surface area (Å²) in [6.07, 6.45) is 3.77. The number of aromatic nitrogens is 2. The van der Waals surface area contributed by atoms with Gasteiger partial charge in [0.15, 0.2) is 0 Å². The highest BCUT2D eigenvalue weighted by Crippen LogP contribution is 2.09. The SMILES string of the molecule is CC(C)(C)OC(=O)n1cnc(CCN2CCNCC2)c1. The molecule has 2 rings (SSSR count). The molecule has 20 heavy (non-hydrogen) atoms. The summed E-state index contributed by atoms with van der Waals surface area (Å²) < 4.78 is 6.71. The summed E-state index contributed by atoms with van der Waals surface area (Å²) in [6, 6.07) is 0. The number of carbonyl (C=O) groups is 1. The molecule has 0 amide bonds. The fourth-order valence-corrected chi connectivity index (χ4v) is 2.11. The average molecular weight is 280 g/mol. The maximum Gasteiger partial charge on any atom is 0.419 e. The van der Waals surface area contributed by atoms with Crippen molar-refractivity contribution < 1.29 is 9.53 Å². The van der Waals surface area contributed by atoms with E-state index in [-0.39, 0.29) is 6.09 Å². The summed E-state index contributed by atoms with van der Waals surface area (Å²) in [6.45, 7) is 10.8. The van der Waals surface area contributed by atoms with Crippen molar-refractivity contribution in [3.05, 3.63) is 18.2 Å². The molecule has 1 aliphatic heterocycles. The first-order chi connectivity index (χ1) is 9.44. The van der Waals surface area contributed by atoms with Gasteiger partial charge in [-0.3, -0.25) is 0 Å². The molecule has 1 fully saturated rings. The molecule has 1 aliphatic rings. The van der Waals surface area contributed by atoms with Gasteiger partial charge >= 0.3 is 6.09 Å². The number of rotatable bonds is 3. The topological polar surface area (TPSA) is 59.4 Å². The Balaban J connectivity index is 1.83. The molecule has 112 valence electrons. The van der Waals surface area contributed by atoms with E-state index in [1.54, 1.807) is 6.20 Å². The summed E-state index contributed by atoms with van der Waals surface area (Å²) in [7, 11) is 0. The highest BCUT2D eigenvalue weighted by Gasteiger charge is 2.18. The van der Waals surface area contributed by atoms with Crippen LogP contribution in [0.15, 0.2) is 12.5 Å². The molecule has 0 spiro atoms. The molecule has 1 saturated heterocycles. The van der Waals surface area contributed by atoms with Crippen LogP contribution >= 0.6 is 0 Å². The Bertz CT molecular complexity index is 444. The van der Waals surface area contributed by atoms with Crippen molar-refractivity contribution in [2.75, 3.05) is 32.7 Å². The number of piperazine rings is 1. The lowest BCUT2D eigenvalue weighted by atomic mass is 10.2. The smallest absolute Gasteiger partial charge is 0.419 e. The number of carbonyl (C=O) groups excluding carboxylic acids is 1. The molecule has 0 bridgehead atoms. The van der Waals surface area contributed by atoms with Crippen molar-refractivity contribution in [3.63, 3.8) is 0 Å². The van der Waals surface area contributed by atoms with Crippen LogP contribution in [0.4, 0.5) is 4.79 Å². The third-order valence-corrected chi connectivity index (χ3v) is 3.13. The zero-order chi connectivity index (χ0) is 14.6. The largest absolute Gasteiger partial charge is 0.443 e. The molecule has 1 aromatic heterocycles. The minimum atomic E-state index is -0.484. The molecule has 0 atom stereocenters. The quantitative estimate of drug-likeness (QED) is 0.899. The molecule has 0 radical (unpaired) electrons. The van der Waals surface area contributed by atoms with Gasteiger partial charge < -0.3 is 15.0 Å². The van der Waals surface area contributed by atoms with Crippen molar-refractivity contribution in [1.82, 2.24) is 19.8 Å². The zero-order valence-corrected chi connectivity index (χ0v) is 12.6. The van der Waals surface area contributed by atoms with Gasteiger partial charge in [-0.05, 0) is 20.8 Å². The van der Waals surface area contributed by atoms with Crippen molar-refractivity contribution in [2.45, 2.75) is 32.8 Å². The van der Waals surface area contributed by atoms with Crippen LogP contribution in [0, 0.1) is 0 Å². The standard InChI is InChI=1S/C14H24N4O2/c1-14(2,3)20-13(19)18-10-12(16-11-18)4-7-17-8-5-15-6-9-17/h10-11,15H,4-9H2,1-3H3. The van der Waals surface area contributed by atoms with E-state index in [1.165, 1.54) is 10.9 Å². The molecule has 0 unspecified atom stereocenters. The first kappa shape index (κ1) is 15.0. The van der Waals surface area contributed by atoms with E-state index >= 15 is 0 Å². The molecule has 0 aromatic carbocycles. The van der Waals surface area contributed by atoms with Crippen molar-refractivity contribution in [3.8, 4) is 0 Å². The predicted octanol–water partition coefficient (Wildman–Crippen LogP) is 1.11. The van der Waals surface area contributed by atoms with Gasteiger partial charge in [-0.2, -0.15) is 0 Å². The molecule has 6 heteroatoms. The Morgan fingerprint density at radius 1 is 1.40 bits per heavy atom. The monoisotopic (exact) mass is 280 g/mol. The van der Waals surface area contributed by atoms with Crippen LogP contribution in [0.25, 0.3) is 0 Å². The second-order valence-electron chi connectivity index (χ2n) is 6.09. The van der Waals surface area contributed by atoms with Gasteiger partial charge in [0.2, 0.25) is 0 Å². The van der Waals surface area contributed by atoms with Crippen LogP contribution < -0.4 is 5.32 Å². The lowest BCUT2D eigenvalue weighted by molar-refractivity contribution is 0.0536. The number of imidazole rings is 1. The van der Waals surface area contributed by atoms with Crippen LogP contribution in [0.1, 0.15) is 26.5 Å². The van der Waals surface area contributed by atoms with Crippen molar-refractivity contribution >= 4 is 6.09 Å². The zero-order valence-electron chi connectivity index (χ0n) is 12.6. The number of nitrogens with one attached hydrogen (secondary N) is 1. The summed E-state index contributed by atoms with van der Waals surface area (Å²) in [5, 5.41) is 3.33. The first-order valence-electron chi connectivity index (χ1n) is 7.13. The summed E-state index contributed by atoms with van der Waals surface area (Å²) >= 11 is 0. The minimum absolute atomic E-state index is 0.376. The van der Waals surface area contributed by atoms with Gasteiger partial charge in [-0.1, -0.05) is 0 Å². The van der Waals surface area contributed by atoms with E-state index in [0.29, 0.717) is 0 Å². The minimum Gasteiger partial charge on any atom is -0.443 e. The lowest BCUT2D eigenvalue weighted by Crippen LogP contribution is -2.44. The fourth-order valence-electron chi connectivity index (χ4n) is 2.11. The van der Waals surface area contributed by atoms with Crippen LogP contribution in [0.2, 0.25) is 0 Å². The Hall–Kier alpha value is -1.40. The number of hydrogen-bond donors (Lipinski definition) is 1. The molecule has 0 saturated carbocycles. The van der Waals surface area contributed by atoms with Crippen LogP contribution in [0.5, 0.6) is 0 Å². The maximum atomic E-state index is 11.9. The lowest BCUT2D eigenvalue weighted by Gasteiger charge is -2.26. The second kappa shape index (κ2) is 6.37. The Labute approximate surface area is 120 Å². The van der Waals surface area contributed by atoms with E-state index in [9.17, 15) is 4.79 Å². The first-order valence-corrected chi connectivity index (χ1v) is 7.13. The van der Waals surface area contributed by atoms with Gasteiger partial charge in [0.25, 0.3) is 0 Å². The van der Waals surface area contributed by atoms with Crippen LogP contribution in [-0.4, -0.2) is 58.9 Å². The van der Waals surface area contributed by atoms with E-state index in [4.69, 9.17) is 4.74 Å². The fraction of sp³-hybridized carbons (Fsp3) is 0.714. The molecule has 1 aromatic rings. The second-order valence-corrected chi connectivity index (χ2v) is 6.09. The van der Waals surface area contributed by atoms with E-state index in [1.807, 2.05) is 20.8 Å². The van der Waals surface area contributed by atoms with Gasteiger partial charge in [0.1, 0.15) is 11.9 Å². The summed E-state index contributed by atoms with van der Waals surface area (Å²) in [5.74, 6) is 0. The van der Waals surface area contributed by atoms with Crippen molar-refractivity contribution in [1.29, 1.82) is 0 Å². The molecular formula is C14H24N4O2. The summed E-state index contributed by atoms with van der Waals surface area (Å²) in [5.41, 5.74) is 0.442. The summed E-state index contributed by atoms with van der Waals surface area (Å²) in [4.78, 5) is 18.5. The van der Waals surface area contributed by atoms with E-state index in [0.717, 1.165) is 44.8 Å². The van der Waals surface area contributed by atoms with Gasteiger partial charge in [0, 0.05) is 45.3 Å². The molecule has 6 nitrogen and oxygen atoms in total. The van der Waals surface area contributed by atoms with Gasteiger partial charge in [0.05, 0.1) is 5.69 Å². The number of hydrogen-bond acceptors (Lipinski definition) is 5. The van der Waals surface area contributed by atoms with Crippen molar-refractivity contribution in [2.24, 2.45) is 0 Å². The van der Waals surface area contributed by atoms with Crippen LogP contribution in [-0.2, 0) is 11.2 Å². The third kappa shape index (κ3) is 4.61. The maximum absolute atomic E-state index is 11.9. The van der Waals surface area contributed by atoms with Gasteiger partial charge in [-0.15, -0.1) is 0 Å². The molecule has 1 N–H and O–H groups in total. The predicted molar refractivity (Wildman–Crippen MR) is 76.9 cm³/mol. The highest BCUT2D eigenvalue weighted by molar-refractivity contribution is 5.70. The Morgan fingerprint density at radius 3 is 2.75 bits per heavy atom. The van der Waals surface area contributed by atoms with Gasteiger partial charge in [-0.25, -0.2) is 14.3 Å². The average Bonchev–Trinajstić information content (AvgIpc) is 2.84. The molecule has 2 heterocycles. The third-order valence-electron chi connectivity index (χ3n) is 3.13. The molecular weight excluding hydrogens is 256 g/mol. The van der Waals surface area contributed by atoms with E-state index < -0.39 is 5.60 Å².